The molecule has 0 fully saturated rings. The van der Waals surface area contributed by atoms with Gasteiger partial charge in [-0.1, -0.05) is 0 Å². The third-order valence-corrected chi connectivity index (χ3v) is 1.16. The van der Waals surface area contributed by atoms with Crippen LogP contribution in [0.2, 0.25) is 0 Å². The number of aromatic hydroxyl groups is 1. The molecule has 0 aliphatic carbocycles. The molecule has 0 aliphatic heterocycles. The Morgan fingerprint density at radius 3 is 2.10 bits per heavy atom. The summed E-state index contributed by atoms with van der Waals surface area (Å²) in [6.45, 7) is 0. The van der Waals surface area contributed by atoms with Gasteiger partial charge in [-0.3, -0.25) is 0 Å². The molecule has 1 radical (unpaired) electrons. The zero-order valence-electron chi connectivity index (χ0n) is 6.26. The van der Waals surface area contributed by atoms with Crippen molar-refractivity contribution in [2.45, 2.75) is 0 Å². The summed E-state index contributed by atoms with van der Waals surface area (Å²) in [5.41, 5.74) is 1.01. The molecule has 3 heteroatoms. The molecule has 0 heterocycles. The molecule has 10 heavy (non-hydrogen) atoms. The van der Waals surface area contributed by atoms with Crippen molar-refractivity contribution in [1.82, 2.24) is 0 Å². The Labute approximate surface area is 82.6 Å². The normalized spacial score (nSPS) is 8.10. The zero-order valence-corrected chi connectivity index (χ0v) is 8.26. The van der Waals surface area contributed by atoms with Crippen molar-refractivity contribution in [3.63, 3.8) is 0 Å². The minimum Gasteiger partial charge on any atom is -0.508 e. The van der Waals surface area contributed by atoms with Gasteiger partial charge in [-0.15, -0.1) is 0 Å². The van der Waals surface area contributed by atoms with Crippen LogP contribution in [-0.2, 0) is 0 Å². The van der Waals surface area contributed by atoms with E-state index in [1.165, 1.54) is 0 Å². The first-order valence-corrected chi connectivity index (χ1v) is 2.79. The number of nitrogens with one attached hydrogen (secondary N) is 1. The fourth-order valence-corrected chi connectivity index (χ4v) is 0.628. The first kappa shape index (κ1) is 9.82. The van der Waals surface area contributed by atoms with Crippen molar-refractivity contribution in [3.05, 3.63) is 24.3 Å². The number of benzene rings is 1. The van der Waals surface area contributed by atoms with Gasteiger partial charge in [-0.25, -0.2) is 0 Å². The molecule has 0 spiro atoms. The van der Waals surface area contributed by atoms with Crippen molar-refractivity contribution < 1.29 is 5.11 Å². The SMILES string of the molecule is CNc1ccc(O)cc1.[Na]. The van der Waals surface area contributed by atoms with Crippen molar-refractivity contribution >= 4 is 35.2 Å². The van der Waals surface area contributed by atoms with Crippen LogP contribution in [0.15, 0.2) is 24.3 Å². The second-order valence-electron chi connectivity index (χ2n) is 1.80. The number of phenolic OH excluding ortho intramolecular Hbond substituents is 1. The second kappa shape index (κ2) is 4.61. The Balaban J connectivity index is 0.000000810. The smallest absolute Gasteiger partial charge is 0.115 e. The Hall–Kier alpha value is -0.180. The molecule has 1 aromatic rings. The van der Waals surface area contributed by atoms with Gasteiger partial charge < -0.3 is 10.4 Å². The van der Waals surface area contributed by atoms with Crippen molar-refractivity contribution in [3.8, 4) is 5.75 Å². The summed E-state index contributed by atoms with van der Waals surface area (Å²) in [7, 11) is 1.84. The maximum atomic E-state index is 8.82. The third kappa shape index (κ3) is 2.60. The molecule has 0 unspecified atom stereocenters. The molecule has 1 aromatic carbocycles. The van der Waals surface area contributed by atoms with E-state index in [0.717, 1.165) is 5.69 Å². The number of hydrogen-bond acceptors (Lipinski definition) is 2. The number of phenols is 1. The van der Waals surface area contributed by atoms with Gasteiger partial charge in [0.25, 0.3) is 0 Å². The quantitative estimate of drug-likeness (QED) is 0.458. The zero-order chi connectivity index (χ0) is 6.69. The predicted octanol–water partition coefficient (Wildman–Crippen LogP) is 1.05. The van der Waals surface area contributed by atoms with Crippen molar-refractivity contribution in [2.24, 2.45) is 0 Å². The van der Waals surface area contributed by atoms with E-state index >= 15 is 0 Å². The average molecular weight is 146 g/mol. The van der Waals surface area contributed by atoms with E-state index in [9.17, 15) is 0 Å². The van der Waals surface area contributed by atoms with E-state index in [1.54, 1.807) is 12.1 Å². The summed E-state index contributed by atoms with van der Waals surface area (Å²) >= 11 is 0. The minimum atomic E-state index is 0. The largest absolute Gasteiger partial charge is 0.508 e. The van der Waals surface area contributed by atoms with Crippen LogP contribution in [0.4, 0.5) is 5.69 Å². The van der Waals surface area contributed by atoms with Gasteiger partial charge in [0.15, 0.2) is 0 Å². The number of hydrogen-bond donors (Lipinski definition) is 2. The average Bonchev–Trinajstić information content (AvgIpc) is 1.90. The molecule has 0 saturated carbocycles. The van der Waals surface area contributed by atoms with Gasteiger partial charge in [0.2, 0.25) is 0 Å². The first-order valence-electron chi connectivity index (χ1n) is 2.79. The van der Waals surface area contributed by atoms with Gasteiger partial charge in [-0.2, -0.15) is 0 Å². The molecule has 2 N–H and O–H groups in total. The molecule has 0 aromatic heterocycles. The van der Waals surface area contributed by atoms with Crippen LogP contribution in [0, 0.1) is 0 Å². The van der Waals surface area contributed by atoms with Crippen LogP contribution in [0.5, 0.6) is 5.75 Å². The van der Waals surface area contributed by atoms with Gasteiger partial charge in [0.1, 0.15) is 5.75 Å². The fraction of sp³-hybridized carbons (Fsp3) is 0.143. The molecule has 0 amide bonds. The van der Waals surface area contributed by atoms with Crippen LogP contribution >= 0.6 is 0 Å². The van der Waals surface area contributed by atoms with Crippen LogP contribution in [0.3, 0.4) is 0 Å². The molecule has 1 rings (SSSR count). The maximum absolute atomic E-state index is 8.82. The van der Waals surface area contributed by atoms with E-state index in [-0.39, 0.29) is 29.6 Å². The van der Waals surface area contributed by atoms with Crippen molar-refractivity contribution in [2.75, 3.05) is 12.4 Å². The van der Waals surface area contributed by atoms with Crippen LogP contribution in [0.25, 0.3) is 0 Å². The van der Waals surface area contributed by atoms with Gasteiger partial charge >= 0.3 is 0 Å². The fourth-order valence-electron chi connectivity index (χ4n) is 0.628. The van der Waals surface area contributed by atoms with E-state index in [1.807, 2.05) is 19.2 Å². The Morgan fingerprint density at radius 2 is 1.70 bits per heavy atom. The molecule has 0 bridgehead atoms. The first-order chi connectivity index (χ1) is 4.33. The third-order valence-electron chi connectivity index (χ3n) is 1.16. The minimum absolute atomic E-state index is 0. The van der Waals surface area contributed by atoms with Crippen LogP contribution in [-0.4, -0.2) is 41.7 Å². The summed E-state index contributed by atoms with van der Waals surface area (Å²) in [6.07, 6.45) is 0. The Morgan fingerprint density at radius 1 is 1.20 bits per heavy atom. The number of rotatable bonds is 1. The summed E-state index contributed by atoms with van der Waals surface area (Å²) < 4.78 is 0. The monoisotopic (exact) mass is 146 g/mol. The Kier molecular flexibility index (Phi) is 4.52. The standard InChI is InChI=1S/C7H9NO.Na/c1-8-6-2-4-7(9)5-3-6;/h2-5,8-9H,1H3;. The summed E-state index contributed by atoms with van der Waals surface area (Å²) in [6, 6.07) is 6.92. The van der Waals surface area contributed by atoms with Crippen LogP contribution < -0.4 is 5.32 Å². The summed E-state index contributed by atoms with van der Waals surface area (Å²) in [5, 5.41) is 11.8. The molecule has 0 saturated heterocycles. The van der Waals surface area contributed by atoms with Gasteiger partial charge in [0.05, 0.1) is 0 Å². The van der Waals surface area contributed by atoms with Gasteiger partial charge in [-0.05, 0) is 24.3 Å². The molecular weight excluding hydrogens is 137 g/mol. The van der Waals surface area contributed by atoms with E-state index < -0.39 is 0 Å². The van der Waals surface area contributed by atoms with E-state index in [0.29, 0.717) is 5.75 Å². The number of anilines is 1. The molecule has 2 nitrogen and oxygen atoms in total. The molecule has 0 atom stereocenters. The molecular formula is C7H9NNaO. The van der Waals surface area contributed by atoms with Crippen molar-refractivity contribution in [1.29, 1.82) is 0 Å². The van der Waals surface area contributed by atoms with Crippen LogP contribution in [0.1, 0.15) is 0 Å². The second-order valence-corrected chi connectivity index (χ2v) is 1.80. The molecule has 49 valence electrons. The topological polar surface area (TPSA) is 32.3 Å². The molecule has 0 aliphatic rings. The Bertz CT molecular complexity index is 185. The predicted molar refractivity (Wildman–Crippen MR) is 43.4 cm³/mol. The summed E-state index contributed by atoms with van der Waals surface area (Å²) in [5.74, 6) is 0.300. The summed E-state index contributed by atoms with van der Waals surface area (Å²) in [4.78, 5) is 0. The maximum Gasteiger partial charge on any atom is 0.115 e. The van der Waals surface area contributed by atoms with E-state index in [2.05, 4.69) is 5.32 Å². The van der Waals surface area contributed by atoms with E-state index in [4.69, 9.17) is 5.11 Å². The van der Waals surface area contributed by atoms with Gasteiger partial charge in [0, 0.05) is 42.3 Å².